The van der Waals surface area contributed by atoms with Crippen molar-refractivity contribution in [2.45, 2.75) is 53.1 Å². The van der Waals surface area contributed by atoms with Gasteiger partial charge in [-0.15, -0.1) is 0 Å². The van der Waals surface area contributed by atoms with Crippen LogP contribution < -0.4 is 4.74 Å². The summed E-state index contributed by atoms with van der Waals surface area (Å²) in [4.78, 5) is 15.8. The Bertz CT molecular complexity index is 1100. The highest BCUT2D eigenvalue weighted by Gasteiger charge is 2.28. The molecule has 1 fully saturated rings. The summed E-state index contributed by atoms with van der Waals surface area (Å²) < 4.78 is 7.42. The lowest BCUT2D eigenvalue weighted by atomic mass is 9.89. The molecule has 2 aromatic carbocycles. The normalized spacial score (nSPS) is 17.4. The minimum atomic E-state index is 0.0465. The van der Waals surface area contributed by atoms with Crippen LogP contribution >= 0.6 is 0 Å². The molecule has 0 spiro atoms. The Kier molecular flexibility index (Phi) is 6.15. The molecule has 0 radical (unpaired) electrons. The van der Waals surface area contributed by atoms with E-state index in [2.05, 4.69) is 37.3 Å². The smallest absolute Gasteiger partial charge is 0.167 e. The molecule has 4 rings (SSSR count). The van der Waals surface area contributed by atoms with Gasteiger partial charge in [-0.1, -0.05) is 18.2 Å². The molecule has 1 aromatic heterocycles. The Morgan fingerprint density at radius 3 is 2.61 bits per heavy atom. The van der Waals surface area contributed by atoms with Crippen molar-refractivity contribution in [1.82, 2.24) is 14.7 Å². The molecule has 0 bridgehead atoms. The van der Waals surface area contributed by atoms with E-state index >= 15 is 0 Å². The zero-order chi connectivity index (χ0) is 22.1. The van der Waals surface area contributed by atoms with E-state index in [9.17, 15) is 4.79 Å². The van der Waals surface area contributed by atoms with Gasteiger partial charge in [-0.2, -0.15) is 5.10 Å². The summed E-state index contributed by atoms with van der Waals surface area (Å²) in [5.74, 6) is 1.14. The molecule has 5 heteroatoms. The molecule has 1 saturated heterocycles. The number of ether oxygens (including phenoxy) is 1. The number of hydrogen-bond acceptors (Lipinski definition) is 4. The van der Waals surface area contributed by atoms with Crippen LogP contribution in [0.25, 0.3) is 10.8 Å². The maximum atomic E-state index is 13.3. The number of fused-ring (bicyclic) bond motifs is 1. The van der Waals surface area contributed by atoms with Gasteiger partial charge in [0.15, 0.2) is 5.78 Å². The summed E-state index contributed by atoms with van der Waals surface area (Å²) in [6, 6.07) is 12.3. The van der Waals surface area contributed by atoms with E-state index in [0.717, 1.165) is 60.3 Å². The first kappa shape index (κ1) is 21.6. The fourth-order valence-corrected chi connectivity index (χ4v) is 4.81. The molecule has 3 aromatic rings. The van der Waals surface area contributed by atoms with Crippen LogP contribution in [-0.2, 0) is 6.54 Å². The van der Waals surface area contributed by atoms with Gasteiger partial charge in [0.2, 0.25) is 0 Å². The fourth-order valence-electron chi connectivity index (χ4n) is 4.81. The molecule has 0 saturated carbocycles. The van der Waals surface area contributed by atoms with Crippen LogP contribution in [0, 0.1) is 19.8 Å². The lowest BCUT2D eigenvalue weighted by Gasteiger charge is -2.32. The Hall–Kier alpha value is -2.66. The molecule has 0 N–H and O–H groups in total. The van der Waals surface area contributed by atoms with Crippen molar-refractivity contribution in [1.29, 1.82) is 0 Å². The zero-order valence-electron chi connectivity index (χ0n) is 19.3. The number of piperidine rings is 1. The minimum Gasteiger partial charge on any atom is -0.497 e. The van der Waals surface area contributed by atoms with Crippen LogP contribution in [0.2, 0.25) is 0 Å². The number of carbonyl (C=O) groups is 1. The van der Waals surface area contributed by atoms with Gasteiger partial charge in [0, 0.05) is 41.9 Å². The number of rotatable bonds is 6. The Morgan fingerprint density at radius 1 is 1.16 bits per heavy atom. The predicted octanol–water partition coefficient (Wildman–Crippen LogP) is 5.34. The van der Waals surface area contributed by atoms with Crippen LogP contribution in [0.1, 0.15) is 60.0 Å². The average Bonchev–Trinajstić information content (AvgIpc) is 3.06. The molecule has 5 nitrogen and oxygen atoms in total. The lowest BCUT2D eigenvalue weighted by molar-refractivity contribution is 0.0811. The first-order valence-corrected chi connectivity index (χ1v) is 11.3. The first-order chi connectivity index (χ1) is 14.9. The maximum absolute atomic E-state index is 13.3. The van der Waals surface area contributed by atoms with E-state index < -0.39 is 0 Å². The van der Waals surface area contributed by atoms with Gasteiger partial charge in [-0.05, 0) is 76.1 Å². The van der Waals surface area contributed by atoms with Crippen LogP contribution in [0.3, 0.4) is 0 Å². The van der Waals surface area contributed by atoms with Crippen LogP contribution in [0.15, 0.2) is 36.4 Å². The number of hydrogen-bond donors (Lipinski definition) is 0. The van der Waals surface area contributed by atoms with E-state index in [-0.39, 0.29) is 11.7 Å². The molecule has 1 atom stereocenters. The second-order valence-corrected chi connectivity index (χ2v) is 9.05. The van der Waals surface area contributed by atoms with Crippen molar-refractivity contribution in [3.8, 4) is 5.75 Å². The Labute approximate surface area is 185 Å². The summed E-state index contributed by atoms with van der Waals surface area (Å²) in [5.41, 5.74) is 4.46. The molecule has 31 heavy (non-hydrogen) atoms. The third kappa shape index (κ3) is 4.38. The predicted molar refractivity (Wildman–Crippen MR) is 125 cm³/mol. The molecule has 1 aliphatic rings. The van der Waals surface area contributed by atoms with Crippen LogP contribution in [0.4, 0.5) is 0 Å². The second kappa shape index (κ2) is 8.83. The minimum absolute atomic E-state index is 0.0465. The molecule has 1 aliphatic heterocycles. The van der Waals surface area contributed by atoms with Crippen molar-refractivity contribution in [3.05, 3.63) is 58.9 Å². The molecular weight excluding hydrogens is 386 g/mol. The molecule has 164 valence electrons. The van der Waals surface area contributed by atoms with Gasteiger partial charge < -0.3 is 4.74 Å². The van der Waals surface area contributed by atoms with Gasteiger partial charge in [-0.3, -0.25) is 14.4 Å². The van der Waals surface area contributed by atoms with Crippen molar-refractivity contribution < 1.29 is 9.53 Å². The molecule has 0 amide bonds. The van der Waals surface area contributed by atoms with Crippen molar-refractivity contribution in [2.24, 2.45) is 5.92 Å². The first-order valence-electron chi connectivity index (χ1n) is 11.3. The number of methoxy groups -OCH3 is 1. The number of Topliss-reactive ketones (excluding diaryl/α,β-unsaturated/α-hetero) is 1. The van der Waals surface area contributed by atoms with Crippen molar-refractivity contribution >= 4 is 16.6 Å². The summed E-state index contributed by atoms with van der Waals surface area (Å²) in [7, 11) is 1.67. The highest BCUT2D eigenvalue weighted by Crippen LogP contribution is 2.27. The average molecular weight is 420 g/mol. The topological polar surface area (TPSA) is 47.4 Å². The van der Waals surface area contributed by atoms with Gasteiger partial charge in [0.05, 0.1) is 12.8 Å². The van der Waals surface area contributed by atoms with Gasteiger partial charge >= 0.3 is 0 Å². The van der Waals surface area contributed by atoms with Crippen molar-refractivity contribution in [3.63, 3.8) is 0 Å². The summed E-state index contributed by atoms with van der Waals surface area (Å²) in [6.45, 7) is 11.3. The van der Waals surface area contributed by atoms with Gasteiger partial charge in [-0.25, -0.2) is 0 Å². The summed E-state index contributed by atoms with van der Waals surface area (Å²) in [6.07, 6.45) is 2.01. The third-order valence-electron chi connectivity index (χ3n) is 6.55. The monoisotopic (exact) mass is 419 g/mol. The quantitative estimate of drug-likeness (QED) is 0.506. The number of benzene rings is 2. The van der Waals surface area contributed by atoms with E-state index in [4.69, 9.17) is 9.84 Å². The number of likely N-dealkylation sites (tertiary alicyclic amines) is 1. The maximum Gasteiger partial charge on any atom is 0.167 e. The van der Waals surface area contributed by atoms with Crippen LogP contribution in [-0.4, -0.2) is 40.7 Å². The Balaban J connectivity index is 1.49. The van der Waals surface area contributed by atoms with Crippen LogP contribution in [0.5, 0.6) is 5.75 Å². The number of aryl methyl sites for hydroxylation is 1. The van der Waals surface area contributed by atoms with E-state index in [1.54, 1.807) is 7.11 Å². The SMILES string of the molecule is COc1ccc2cc(C(=O)C3CCCN(Cc4c(C)nn(C(C)C)c4C)C3)ccc2c1. The lowest BCUT2D eigenvalue weighted by Crippen LogP contribution is -2.38. The number of carbonyl (C=O) groups excluding carboxylic acids is 1. The number of aromatic nitrogens is 2. The molecule has 1 unspecified atom stereocenters. The summed E-state index contributed by atoms with van der Waals surface area (Å²) >= 11 is 0. The number of nitrogens with zero attached hydrogens (tertiary/aromatic N) is 3. The van der Waals surface area contributed by atoms with E-state index in [1.807, 2.05) is 36.4 Å². The van der Waals surface area contributed by atoms with E-state index in [0.29, 0.717) is 6.04 Å². The third-order valence-corrected chi connectivity index (χ3v) is 6.55. The largest absolute Gasteiger partial charge is 0.497 e. The highest BCUT2D eigenvalue weighted by atomic mass is 16.5. The van der Waals surface area contributed by atoms with Gasteiger partial charge in [0.1, 0.15) is 5.75 Å². The highest BCUT2D eigenvalue weighted by molar-refractivity contribution is 6.01. The molecular formula is C26H33N3O2. The van der Waals surface area contributed by atoms with Crippen molar-refractivity contribution in [2.75, 3.05) is 20.2 Å². The summed E-state index contributed by atoms with van der Waals surface area (Å²) in [5, 5.41) is 6.90. The fraction of sp³-hybridized carbons (Fsp3) is 0.462. The number of ketones is 1. The zero-order valence-corrected chi connectivity index (χ0v) is 19.3. The Morgan fingerprint density at radius 2 is 1.90 bits per heavy atom. The van der Waals surface area contributed by atoms with Gasteiger partial charge in [0.25, 0.3) is 0 Å². The second-order valence-electron chi connectivity index (χ2n) is 9.05. The van der Waals surface area contributed by atoms with E-state index in [1.165, 1.54) is 11.3 Å². The molecule has 0 aliphatic carbocycles. The molecule has 2 heterocycles. The standard InChI is InChI=1S/C26H33N3O2/c1-17(2)29-19(4)25(18(3)27-29)16-28-12-6-7-23(15-28)26(30)22-9-8-21-14-24(31-5)11-10-20(21)13-22/h8-11,13-14,17,23H,6-7,12,15-16H2,1-5H3.